The molecule has 2 aliphatic rings. The largest absolute Gasteiger partial charge is 0.336 e. The summed E-state index contributed by atoms with van der Waals surface area (Å²) in [4.78, 5) is 36.6. The molecule has 0 bridgehead atoms. The van der Waals surface area contributed by atoms with Crippen LogP contribution < -0.4 is 15.5 Å². The van der Waals surface area contributed by atoms with Gasteiger partial charge in [0.1, 0.15) is 0 Å². The number of pyridine rings is 1. The number of benzene rings is 1. The summed E-state index contributed by atoms with van der Waals surface area (Å²) in [5.74, 6) is 0.0648. The fraction of sp³-hybridized carbons (Fsp3) is 0.519. The van der Waals surface area contributed by atoms with E-state index in [1.165, 1.54) is 4.90 Å². The molecule has 35 heavy (non-hydrogen) atoms. The van der Waals surface area contributed by atoms with Gasteiger partial charge in [0.2, 0.25) is 0 Å². The fourth-order valence-corrected chi connectivity index (χ4v) is 4.88. The van der Waals surface area contributed by atoms with E-state index in [1.54, 1.807) is 42.6 Å². The smallest absolute Gasteiger partial charge is 0.327 e. The van der Waals surface area contributed by atoms with Crippen LogP contribution in [0, 0.1) is 0 Å². The van der Waals surface area contributed by atoms with E-state index in [2.05, 4.69) is 25.4 Å². The van der Waals surface area contributed by atoms with Crippen LogP contribution in [0.2, 0.25) is 0 Å². The summed E-state index contributed by atoms with van der Waals surface area (Å²) in [6, 6.07) is 10.3. The van der Waals surface area contributed by atoms with E-state index in [1.807, 2.05) is 0 Å². The number of amides is 3. The zero-order chi connectivity index (χ0) is 27.8. The third-order valence-electron chi connectivity index (χ3n) is 6.51. The maximum Gasteiger partial charge on any atom is 0.327 e. The van der Waals surface area contributed by atoms with E-state index < -0.39 is 12.8 Å². The Hall–Kier alpha value is -2.97. The van der Waals surface area contributed by atoms with Crippen LogP contribution in [0.1, 0.15) is 61.7 Å². The molecule has 4 rings (SSSR count). The molecule has 0 aliphatic carbocycles. The summed E-state index contributed by atoms with van der Waals surface area (Å²) in [6.07, 6.45) is 3.68. The van der Waals surface area contributed by atoms with Gasteiger partial charge in [-0.15, -0.1) is 0 Å². The Labute approximate surface area is 214 Å². The van der Waals surface area contributed by atoms with Gasteiger partial charge in [-0.25, -0.2) is 14.7 Å². The third kappa shape index (κ3) is 6.00. The zero-order valence-corrected chi connectivity index (χ0v) is 20.2. The van der Waals surface area contributed by atoms with Gasteiger partial charge < -0.3 is 15.5 Å². The molecule has 3 heterocycles. The number of piperidine rings is 1. The molecule has 3 unspecified atom stereocenters. The molecule has 0 spiro atoms. The Morgan fingerprint density at radius 1 is 1.23 bits per heavy atom. The van der Waals surface area contributed by atoms with Gasteiger partial charge in [-0.1, -0.05) is 32.4 Å². The van der Waals surface area contributed by atoms with Crippen molar-refractivity contribution >= 4 is 29.1 Å². The number of para-hydroxylation sites is 1. The number of aromatic nitrogens is 1. The topological polar surface area (TPSA) is 80.8 Å². The molecule has 1 aromatic heterocycles. The predicted octanol–water partition coefficient (Wildman–Crippen LogP) is 4.47. The summed E-state index contributed by atoms with van der Waals surface area (Å²) in [6.45, 7) is 3.49. The second-order valence-electron chi connectivity index (χ2n) is 8.89. The first kappa shape index (κ1) is 20.2. The summed E-state index contributed by atoms with van der Waals surface area (Å²) >= 11 is 0. The molecule has 2 aliphatic heterocycles. The number of hydrogen-bond acceptors (Lipinski definition) is 5. The first-order valence-corrected chi connectivity index (χ1v) is 12.2. The maximum absolute atomic E-state index is 13.5. The standard InChI is InChI=1S/C27H38N6O2/c1-3-16-31(17-4-2)20-21-10-7-8-18-32(21)19-15-29-27(35)33-24-13-6-5-11-22(24)26(34)30-23-12-9-14-28-25(23)33/h5-6,9,11-14,21H,3-4,7-8,10,15-20H2,1-2H3,(H,29,35)(H,30,34)/i1T,2T,3T,4T. The molecule has 1 saturated heterocycles. The van der Waals surface area contributed by atoms with Crippen LogP contribution >= 0.6 is 0 Å². The molecule has 8 heteroatoms. The number of carbonyl (C=O) groups excluding carboxylic acids is 2. The van der Waals surface area contributed by atoms with Crippen LogP contribution in [0.4, 0.5) is 22.0 Å². The van der Waals surface area contributed by atoms with E-state index in [0.29, 0.717) is 55.5 Å². The lowest BCUT2D eigenvalue weighted by Gasteiger charge is -2.39. The van der Waals surface area contributed by atoms with Gasteiger partial charge in [-0.3, -0.25) is 9.69 Å². The molecule has 0 saturated carbocycles. The van der Waals surface area contributed by atoms with Crippen LogP contribution in [0.15, 0.2) is 42.6 Å². The van der Waals surface area contributed by atoms with Crippen LogP contribution in [-0.2, 0) is 0 Å². The fourth-order valence-electron chi connectivity index (χ4n) is 4.88. The van der Waals surface area contributed by atoms with Crippen molar-refractivity contribution in [1.29, 1.82) is 0 Å². The average Bonchev–Trinajstić information content (AvgIpc) is 3.07. The zero-order valence-electron chi connectivity index (χ0n) is 24.2. The molecule has 0 radical (unpaired) electrons. The van der Waals surface area contributed by atoms with E-state index >= 15 is 0 Å². The Bertz CT molecular complexity index is 1110. The first-order valence-electron chi connectivity index (χ1n) is 14.8. The Morgan fingerprint density at radius 3 is 2.89 bits per heavy atom. The molecule has 3 amide bonds. The number of likely N-dealkylation sites (tertiary alicyclic amines) is 1. The summed E-state index contributed by atoms with van der Waals surface area (Å²) in [7, 11) is 0. The Balaban J connectivity index is 1.43. The van der Waals surface area contributed by atoms with Gasteiger partial charge >= 0.3 is 6.03 Å². The number of hydrogen-bond donors (Lipinski definition) is 2. The number of urea groups is 1. The van der Waals surface area contributed by atoms with Crippen LogP contribution in [0.25, 0.3) is 0 Å². The molecule has 188 valence electrons. The van der Waals surface area contributed by atoms with Crippen molar-refractivity contribution in [2.45, 2.75) is 51.9 Å². The number of nitrogens with zero attached hydrogens (tertiary/aromatic N) is 4. The SMILES string of the molecule is [3H]CC([3H])CN(CC([3H])C[3H])CC1CCCCN1CCNC(=O)N1c2ccccc2C(=O)Nc2cccnc21. The second kappa shape index (κ2) is 12.1. The predicted molar refractivity (Wildman–Crippen MR) is 140 cm³/mol. The molecule has 1 fully saturated rings. The van der Waals surface area contributed by atoms with Gasteiger partial charge in [0.25, 0.3) is 5.91 Å². The molecule has 2 N–H and O–H groups in total. The van der Waals surface area contributed by atoms with Crippen LogP contribution in [0.3, 0.4) is 0 Å². The van der Waals surface area contributed by atoms with Crippen molar-refractivity contribution in [2.24, 2.45) is 0 Å². The van der Waals surface area contributed by atoms with E-state index in [9.17, 15) is 9.59 Å². The average molecular weight is 487 g/mol. The molecular formula is C27H38N6O2. The van der Waals surface area contributed by atoms with Crippen molar-refractivity contribution in [1.82, 2.24) is 20.1 Å². The Kier molecular flexibility index (Phi) is 7.02. The summed E-state index contributed by atoms with van der Waals surface area (Å²) < 4.78 is 31.2. The number of anilines is 3. The highest BCUT2D eigenvalue weighted by atomic mass is 16.2. The minimum Gasteiger partial charge on any atom is -0.336 e. The van der Waals surface area contributed by atoms with E-state index in [0.717, 1.165) is 25.8 Å². The quantitative estimate of drug-likeness (QED) is 0.547. The summed E-state index contributed by atoms with van der Waals surface area (Å²) in [5, 5.41) is 5.87. The van der Waals surface area contributed by atoms with Crippen molar-refractivity contribution < 1.29 is 15.1 Å². The van der Waals surface area contributed by atoms with Crippen LogP contribution in [0.5, 0.6) is 0 Å². The molecule has 1 aromatic carbocycles. The monoisotopic (exact) mass is 486 g/mol. The van der Waals surface area contributed by atoms with Gasteiger partial charge in [0.15, 0.2) is 5.82 Å². The van der Waals surface area contributed by atoms with Crippen molar-refractivity contribution in [3.05, 3.63) is 48.2 Å². The third-order valence-corrected chi connectivity index (χ3v) is 6.51. The second-order valence-corrected chi connectivity index (χ2v) is 8.89. The van der Waals surface area contributed by atoms with E-state index in [-0.39, 0.29) is 31.8 Å². The summed E-state index contributed by atoms with van der Waals surface area (Å²) in [5.41, 5.74) is 1.32. The van der Waals surface area contributed by atoms with Gasteiger partial charge in [-0.05, 0) is 69.5 Å². The lowest BCUT2D eigenvalue weighted by atomic mass is 10.0. The number of rotatable bonds is 9. The maximum atomic E-state index is 13.5. The number of fused-ring (bicyclic) bond motifs is 2. The molecule has 8 nitrogen and oxygen atoms in total. The Morgan fingerprint density at radius 2 is 2.06 bits per heavy atom. The normalized spacial score (nSPS) is 21.3. The molecule has 3 atom stereocenters. The van der Waals surface area contributed by atoms with E-state index in [4.69, 9.17) is 5.48 Å². The molecular weight excluding hydrogens is 440 g/mol. The van der Waals surface area contributed by atoms with Gasteiger partial charge in [0.05, 0.1) is 16.9 Å². The van der Waals surface area contributed by atoms with Crippen molar-refractivity contribution in [2.75, 3.05) is 49.5 Å². The van der Waals surface area contributed by atoms with Gasteiger partial charge in [-0.2, -0.15) is 0 Å². The minimum atomic E-state index is -0.534. The molecule has 2 aromatic rings. The first-order chi connectivity index (χ1) is 18.9. The lowest BCUT2D eigenvalue weighted by molar-refractivity contribution is 0.102. The minimum absolute atomic E-state index is 0.0131. The highest BCUT2D eigenvalue weighted by Crippen LogP contribution is 2.36. The lowest BCUT2D eigenvalue weighted by Crippen LogP contribution is -2.50. The number of carbonyl (C=O) groups is 2. The highest BCUT2D eigenvalue weighted by molar-refractivity contribution is 6.16. The van der Waals surface area contributed by atoms with Crippen LogP contribution in [-0.4, -0.2) is 72.0 Å². The van der Waals surface area contributed by atoms with Gasteiger partial charge in [0, 0.05) is 37.4 Å². The van der Waals surface area contributed by atoms with Crippen molar-refractivity contribution in [3.8, 4) is 0 Å². The highest BCUT2D eigenvalue weighted by Gasteiger charge is 2.30. The number of nitrogens with one attached hydrogen (secondary N) is 2. The van der Waals surface area contributed by atoms with Crippen molar-refractivity contribution in [3.63, 3.8) is 0 Å².